The molecule has 0 amide bonds. The largest absolute Gasteiger partial charge is 1.00 e. The van der Waals surface area contributed by atoms with Crippen molar-refractivity contribution in [2.75, 3.05) is 0 Å². The molecule has 0 aliphatic carbocycles. The maximum Gasteiger partial charge on any atom is 1.00 e. The van der Waals surface area contributed by atoms with Gasteiger partial charge in [0.1, 0.15) is 0 Å². The minimum absolute atomic E-state index is 0. The predicted octanol–water partition coefficient (Wildman–Crippen LogP) is 10.9. The van der Waals surface area contributed by atoms with E-state index in [4.69, 9.17) is 0 Å². The molecule has 2 rings (SSSR count). The van der Waals surface area contributed by atoms with Gasteiger partial charge in [-0.05, 0) is 46.2 Å². The second-order valence-electron chi connectivity index (χ2n) is 10.4. The van der Waals surface area contributed by atoms with Gasteiger partial charge < -0.3 is 4.13 Å². The molecule has 0 fully saturated rings. The first-order valence-electron chi connectivity index (χ1n) is 12.5. The van der Waals surface area contributed by atoms with Crippen LogP contribution >= 0.6 is 23.9 Å². The Morgan fingerprint density at radius 3 is 0.536 bits per heavy atom. The van der Waals surface area contributed by atoms with E-state index < -0.39 is 164 Å². The molecule has 32 heteroatoms. The van der Waals surface area contributed by atoms with Gasteiger partial charge in [-0.3, -0.25) is 0 Å². The monoisotopic (exact) mass is 927 g/mol. The van der Waals surface area contributed by atoms with Gasteiger partial charge in [-0.2, -0.15) is 105 Å². The van der Waals surface area contributed by atoms with Crippen molar-refractivity contribution in [2.24, 2.45) is 0 Å². The van der Waals surface area contributed by atoms with Crippen LogP contribution in [0.2, 0.25) is 0 Å². The minimum Gasteiger partial charge on any atom is -0.542 e. The predicted molar refractivity (Wildman–Crippen MR) is 128 cm³/mol. The Bertz CT molecular complexity index is 1400. The Labute approximate surface area is 320 Å². The summed E-state index contributed by atoms with van der Waals surface area (Å²) in [5.41, 5.74) is -41.4. The molecular formula is C24H6F28NNaS2. The van der Waals surface area contributed by atoms with Gasteiger partial charge in [0.25, 0.3) is 0 Å². The Hall–Kier alpha value is -1.86. The summed E-state index contributed by atoms with van der Waals surface area (Å²) >= 11 is -2.45. The Morgan fingerprint density at radius 2 is 0.411 bits per heavy atom. The molecule has 0 saturated heterocycles. The van der Waals surface area contributed by atoms with E-state index in [-0.39, 0.29) is 29.6 Å². The molecule has 0 atom stereocenters. The molecular weight excluding hydrogens is 921 g/mol. The summed E-state index contributed by atoms with van der Waals surface area (Å²) in [6.45, 7) is 0. The molecule has 0 bridgehead atoms. The van der Waals surface area contributed by atoms with E-state index in [0.717, 1.165) is 0 Å². The molecule has 0 radical (unpaired) electrons. The van der Waals surface area contributed by atoms with Gasteiger partial charge in [0.15, 0.2) is 0 Å². The van der Waals surface area contributed by atoms with Crippen molar-refractivity contribution in [2.45, 2.75) is 81.9 Å². The van der Waals surface area contributed by atoms with E-state index >= 15 is 0 Å². The van der Waals surface area contributed by atoms with Crippen LogP contribution in [0.3, 0.4) is 0 Å². The standard InChI is InChI=1S/C24H6F28NS2.Na/c25-13(17(29,30)31,18(32,33)34)7-1-8(14(26,19(35,36)37)20(38,39)40)4-11(3-7)54-53-55-12-5-9(15(27,21(41,42)43)22(44,45)46)2-10(6-12)16(28,23(47,48)49)24(50,51)52;/h1-6H;/q-1;+1. The number of nitrogens with zero attached hydrogens (tertiary/aromatic N) is 1. The molecule has 316 valence electrons. The fourth-order valence-corrected chi connectivity index (χ4v) is 5.71. The molecule has 0 unspecified atom stereocenters. The van der Waals surface area contributed by atoms with Crippen LogP contribution in [0.1, 0.15) is 22.3 Å². The fraction of sp³-hybridized carbons (Fsp3) is 0.500. The summed E-state index contributed by atoms with van der Waals surface area (Å²) in [7, 11) is 0. The van der Waals surface area contributed by atoms with Gasteiger partial charge in [-0.15, -0.1) is 0 Å². The van der Waals surface area contributed by atoms with Gasteiger partial charge >= 0.3 is 102 Å². The normalized spacial score (nSPS) is 15.2. The third-order valence-electron chi connectivity index (χ3n) is 6.81. The van der Waals surface area contributed by atoms with E-state index in [1.165, 1.54) is 0 Å². The van der Waals surface area contributed by atoms with Gasteiger partial charge in [0.2, 0.25) is 0 Å². The van der Waals surface area contributed by atoms with Crippen LogP contribution in [0, 0.1) is 0 Å². The van der Waals surface area contributed by atoms with E-state index in [9.17, 15) is 123 Å². The summed E-state index contributed by atoms with van der Waals surface area (Å²) in [4.78, 5) is -4.25. The van der Waals surface area contributed by atoms with Crippen molar-refractivity contribution in [3.63, 3.8) is 0 Å². The zero-order chi connectivity index (χ0) is 43.8. The first-order valence-corrected chi connectivity index (χ1v) is 14.1. The zero-order valence-electron chi connectivity index (χ0n) is 25.3. The quantitative estimate of drug-likeness (QED) is 0.149. The van der Waals surface area contributed by atoms with Crippen LogP contribution in [-0.4, -0.2) is 49.4 Å². The van der Waals surface area contributed by atoms with E-state index in [0.29, 0.717) is 0 Å². The third kappa shape index (κ3) is 8.85. The second kappa shape index (κ2) is 15.3. The summed E-state index contributed by atoms with van der Waals surface area (Å²) < 4.78 is 382. The van der Waals surface area contributed by atoms with Gasteiger partial charge in [0.05, 0.1) is 0 Å². The smallest absolute Gasteiger partial charge is 0.542 e. The van der Waals surface area contributed by atoms with Crippen LogP contribution in [0.25, 0.3) is 4.13 Å². The van der Waals surface area contributed by atoms with Crippen LogP contribution < -0.4 is 29.6 Å². The Morgan fingerprint density at radius 1 is 0.268 bits per heavy atom. The average molecular weight is 927 g/mol. The number of hydrogen-bond donors (Lipinski definition) is 0. The zero-order valence-corrected chi connectivity index (χ0v) is 28.9. The number of benzene rings is 2. The first kappa shape index (κ1) is 52.2. The van der Waals surface area contributed by atoms with E-state index in [1.807, 2.05) is 0 Å². The number of rotatable bonds is 8. The van der Waals surface area contributed by atoms with Crippen LogP contribution in [0.4, 0.5) is 123 Å². The van der Waals surface area contributed by atoms with Crippen LogP contribution in [-0.2, 0) is 22.7 Å². The Balaban J connectivity index is 0.0000157. The summed E-state index contributed by atoms with van der Waals surface area (Å²) in [5, 5.41) is 0. The molecule has 56 heavy (non-hydrogen) atoms. The van der Waals surface area contributed by atoms with E-state index in [1.54, 1.807) is 0 Å². The van der Waals surface area contributed by atoms with Crippen LogP contribution in [0.15, 0.2) is 46.2 Å². The van der Waals surface area contributed by atoms with Crippen molar-refractivity contribution in [3.05, 3.63) is 62.8 Å². The van der Waals surface area contributed by atoms with Crippen molar-refractivity contribution in [1.82, 2.24) is 0 Å². The molecule has 0 N–H and O–H groups in total. The maximum atomic E-state index is 14.7. The van der Waals surface area contributed by atoms with Gasteiger partial charge in [-0.25, -0.2) is 41.5 Å². The summed E-state index contributed by atoms with van der Waals surface area (Å²) in [6.07, 6.45) is -59.0. The topological polar surface area (TPSA) is 14.1 Å². The molecule has 0 aromatic heterocycles. The van der Waals surface area contributed by atoms with Crippen molar-refractivity contribution in [1.29, 1.82) is 0 Å². The van der Waals surface area contributed by atoms with Crippen LogP contribution in [0.5, 0.6) is 0 Å². The fourth-order valence-electron chi connectivity index (χ4n) is 4.16. The van der Waals surface area contributed by atoms with Gasteiger partial charge in [0, 0.05) is 22.3 Å². The molecule has 0 aliphatic rings. The third-order valence-corrected chi connectivity index (χ3v) is 8.30. The minimum atomic E-state index is -7.38. The second-order valence-corrected chi connectivity index (χ2v) is 12.3. The Kier molecular flexibility index (Phi) is 14.3. The molecule has 0 spiro atoms. The van der Waals surface area contributed by atoms with Crippen molar-refractivity contribution in [3.8, 4) is 0 Å². The molecule has 0 saturated carbocycles. The van der Waals surface area contributed by atoms with Crippen molar-refractivity contribution < 1.29 is 152 Å². The summed E-state index contributed by atoms with van der Waals surface area (Å²) in [6, 6.07) is -7.00. The molecule has 2 aromatic carbocycles. The number of hydrogen-bond acceptors (Lipinski definition) is 2. The number of alkyl halides is 28. The average Bonchev–Trinajstić information content (AvgIpc) is 2.94. The van der Waals surface area contributed by atoms with Gasteiger partial charge in [-0.1, -0.05) is 0 Å². The SMILES string of the molecule is FC(F)(F)C(F)(c1cc(S[N-]Sc2cc(C(F)(C(F)(F)F)C(F)(F)F)cc(C(F)(C(F)(F)F)C(F)(F)F)c2)cc(C(F)(C(F)(F)F)C(F)(F)F)c1)C(F)(F)F.[Na+]. The molecule has 0 heterocycles. The summed E-state index contributed by atoms with van der Waals surface area (Å²) in [5.74, 6) is 0. The molecule has 0 aliphatic heterocycles. The van der Waals surface area contributed by atoms with Crippen molar-refractivity contribution >= 4 is 23.9 Å². The number of halogens is 28. The van der Waals surface area contributed by atoms with E-state index in [2.05, 4.69) is 4.13 Å². The molecule has 2 aromatic rings. The molecule has 1 nitrogen and oxygen atoms in total. The maximum absolute atomic E-state index is 14.7. The first-order chi connectivity index (χ1) is 23.9.